The van der Waals surface area contributed by atoms with Crippen molar-refractivity contribution in [3.8, 4) is 18.4 Å². The molecule has 3 rings (SSSR count). The number of nitrogens with one attached hydrogen (secondary N) is 1. The maximum absolute atomic E-state index is 12.5. The average molecular weight is 339 g/mol. The number of hydrogen-bond donors (Lipinski definition) is 1. The van der Waals surface area contributed by atoms with Crippen molar-refractivity contribution < 1.29 is 4.79 Å². The highest BCUT2D eigenvalue weighted by Crippen LogP contribution is 2.24. The lowest BCUT2D eigenvalue weighted by Crippen LogP contribution is -2.13. The fourth-order valence-electron chi connectivity index (χ4n) is 2.76. The van der Waals surface area contributed by atoms with E-state index >= 15 is 0 Å². The Balaban J connectivity index is 1.95. The highest BCUT2D eigenvalue weighted by atomic mass is 16.1. The number of para-hydroxylation sites is 1. The lowest BCUT2D eigenvalue weighted by atomic mass is 10.1. The second-order valence-electron chi connectivity index (χ2n) is 5.92. The molecule has 0 aliphatic rings. The fourth-order valence-corrected chi connectivity index (χ4v) is 2.76. The molecule has 4 heteroatoms. The standard InChI is InChI=1S/C22H17N3O/c1-3-12-25-15-18(20-6-4-5-7-21(20)25)13-17(14-23)22(26)24-19-10-8-16(2)9-11-19/h1,4-11,13,15H,12H2,2H3,(H,24,26). The number of carbonyl (C=O) groups excluding carboxylic acids is 1. The van der Waals surface area contributed by atoms with Gasteiger partial charge >= 0.3 is 0 Å². The van der Waals surface area contributed by atoms with Crippen LogP contribution in [0.25, 0.3) is 17.0 Å². The lowest BCUT2D eigenvalue weighted by molar-refractivity contribution is -0.112. The Morgan fingerprint density at radius 1 is 1.23 bits per heavy atom. The lowest BCUT2D eigenvalue weighted by Gasteiger charge is -2.04. The summed E-state index contributed by atoms with van der Waals surface area (Å²) < 4.78 is 1.92. The molecule has 0 saturated carbocycles. The third kappa shape index (κ3) is 3.50. The monoisotopic (exact) mass is 339 g/mol. The van der Waals surface area contributed by atoms with Gasteiger partial charge in [0.25, 0.3) is 5.91 Å². The molecule has 0 aliphatic heterocycles. The van der Waals surface area contributed by atoms with Crippen LogP contribution in [0.5, 0.6) is 0 Å². The predicted octanol–water partition coefficient (Wildman–Crippen LogP) is 4.13. The number of aryl methyl sites for hydroxylation is 1. The van der Waals surface area contributed by atoms with Crippen molar-refractivity contribution in [2.45, 2.75) is 13.5 Å². The number of aromatic nitrogens is 1. The number of nitriles is 1. The van der Waals surface area contributed by atoms with Crippen LogP contribution in [0.3, 0.4) is 0 Å². The molecule has 4 nitrogen and oxygen atoms in total. The Morgan fingerprint density at radius 2 is 1.96 bits per heavy atom. The molecular formula is C22H17N3O. The highest BCUT2D eigenvalue weighted by molar-refractivity contribution is 6.10. The van der Waals surface area contributed by atoms with E-state index < -0.39 is 5.91 Å². The fraction of sp³-hybridized carbons (Fsp3) is 0.0909. The average Bonchev–Trinajstić information content (AvgIpc) is 2.99. The van der Waals surface area contributed by atoms with Gasteiger partial charge in [-0.05, 0) is 31.2 Å². The molecule has 1 N–H and O–H groups in total. The number of hydrogen-bond acceptors (Lipinski definition) is 2. The van der Waals surface area contributed by atoms with Crippen molar-refractivity contribution in [2.24, 2.45) is 0 Å². The normalized spacial score (nSPS) is 11.0. The minimum absolute atomic E-state index is 0.0363. The van der Waals surface area contributed by atoms with Crippen molar-refractivity contribution >= 4 is 28.6 Å². The van der Waals surface area contributed by atoms with Gasteiger partial charge in [0.05, 0.1) is 6.54 Å². The van der Waals surface area contributed by atoms with Crippen LogP contribution in [0.4, 0.5) is 5.69 Å². The van der Waals surface area contributed by atoms with Gasteiger partial charge in [0, 0.05) is 28.4 Å². The number of anilines is 1. The van der Waals surface area contributed by atoms with Gasteiger partial charge in [-0.2, -0.15) is 5.26 Å². The number of terminal acetylenes is 1. The van der Waals surface area contributed by atoms with Crippen LogP contribution in [-0.2, 0) is 11.3 Å². The van der Waals surface area contributed by atoms with Crippen molar-refractivity contribution in [3.63, 3.8) is 0 Å². The molecule has 26 heavy (non-hydrogen) atoms. The first-order valence-electron chi connectivity index (χ1n) is 8.13. The van der Waals surface area contributed by atoms with E-state index in [0.717, 1.165) is 22.0 Å². The van der Waals surface area contributed by atoms with Crippen LogP contribution in [0.2, 0.25) is 0 Å². The van der Waals surface area contributed by atoms with Gasteiger partial charge in [-0.3, -0.25) is 4.79 Å². The van der Waals surface area contributed by atoms with Crippen LogP contribution in [0, 0.1) is 30.6 Å². The molecule has 0 unspecified atom stereocenters. The third-order valence-corrected chi connectivity index (χ3v) is 4.06. The molecule has 0 bridgehead atoms. The number of carbonyl (C=O) groups is 1. The van der Waals surface area contributed by atoms with Crippen molar-refractivity contribution in [2.75, 3.05) is 5.32 Å². The van der Waals surface area contributed by atoms with Gasteiger partial charge in [-0.25, -0.2) is 0 Å². The van der Waals surface area contributed by atoms with Gasteiger partial charge in [0.1, 0.15) is 11.6 Å². The summed E-state index contributed by atoms with van der Waals surface area (Å²) in [7, 11) is 0. The van der Waals surface area contributed by atoms with E-state index in [2.05, 4.69) is 11.2 Å². The van der Waals surface area contributed by atoms with E-state index in [0.29, 0.717) is 12.2 Å². The van der Waals surface area contributed by atoms with E-state index in [4.69, 9.17) is 6.42 Å². The topological polar surface area (TPSA) is 57.8 Å². The Hall–Kier alpha value is -3.76. The first-order chi connectivity index (χ1) is 12.6. The molecule has 2 aromatic carbocycles. The zero-order chi connectivity index (χ0) is 18.5. The van der Waals surface area contributed by atoms with Gasteiger partial charge in [-0.15, -0.1) is 6.42 Å². The number of fused-ring (bicyclic) bond motifs is 1. The van der Waals surface area contributed by atoms with Crippen LogP contribution < -0.4 is 5.32 Å². The number of amides is 1. The molecule has 0 atom stereocenters. The maximum atomic E-state index is 12.5. The zero-order valence-electron chi connectivity index (χ0n) is 14.4. The largest absolute Gasteiger partial charge is 0.335 e. The van der Waals surface area contributed by atoms with E-state index in [9.17, 15) is 10.1 Å². The minimum Gasteiger partial charge on any atom is -0.335 e. The first kappa shape index (κ1) is 17.1. The summed E-state index contributed by atoms with van der Waals surface area (Å²) >= 11 is 0. The molecule has 1 amide bonds. The van der Waals surface area contributed by atoms with Crippen molar-refractivity contribution in [3.05, 3.63) is 71.4 Å². The summed E-state index contributed by atoms with van der Waals surface area (Å²) in [4.78, 5) is 12.5. The summed E-state index contributed by atoms with van der Waals surface area (Å²) in [5.41, 5.74) is 3.53. The zero-order valence-corrected chi connectivity index (χ0v) is 14.4. The van der Waals surface area contributed by atoms with Gasteiger partial charge in [-0.1, -0.05) is 41.8 Å². The Kier molecular flexibility index (Phi) is 4.87. The first-order valence-corrected chi connectivity index (χ1v) is 8.13. The SMILES string of the molecule is C#CCn1cc(C=C(C#N)C(=O)Nc2ccc(C)cc2)c2ccccc21. The van der Waals surface area contributed by atoms with Crippen molar-refractivity contribution in [1.29, 1.82) is 5.26 Å². The Morgan fingerprint density at radius 3 is 2.65 bits per heavy atom. The molecule has 1 aromatic heterocycles. The summed E-state index contributed by atoms with van der Waals surface area (Å²) in [5.74, 6) is 2.18. The third-order valence-electron chi connectivity index (χ3n) is 4.06. The van der Waals surface area contributed by atoms with Crippen LogP contribution in [-0.4, -0.2) is 10.5 Å². The van der Waals surface area contributed by atoms with Crippen LogP contribution >= 0.6 is 0 Å². The second-order valence-corrected chi connectivity index (χ2v) is 5.92. The molecule has 0 aliphatic carbocycles. The summed E-state index contributed by atoms with van der Waals surface area (Å²) in [6.45, 7) is 2.39. The van der Waals surface area contributed by atoms with E-state index in [1.165, 1.54) is 0 Å². The molecule has 1 heterocycles. The number of nitrogens with zero attached hydrogens (tertiary/aromatic N) is 2. The van der Waals surface area contributed by atoms with Gasteiger partial charge in [0.2, 0.25) is 0 Å². The highest BCUT2D eigenvalue weighted by Gasteiger charge is 2.12. The molecule has 126 valence electrons. The predicted molar refractivity (Wildman–Crippen MR) is 104 cm³/mol. The molecule has 0 saturated heterocycles. The summed E-state index contributed by atoms with van der Waals surface area (Å²) in [6, 6.07) is 17.2. The smallest absolute Gasteiger partial charge is 0.266 e. The van der Waals surface area contributed by atoms with E-state index in [-0.39, 0.29) is 5.57 Å². The molecule has 0 spiro atoms. The number of rotatable bonds is 4. The Bertz CT molecular complexity index is 1070. The minimum atomic E-state index is -0.440. The Labute approximate surface area is 152 Å². The van der Waals surface area contributed by atoms with E-state index in [1.807, 2.05) is 60.2 Å². The quantitative estimate of drug-likeness (QED) is 0.441. The van der Waals surface area contributed by atoms with Crippen molar-refractivity contribution in [1.82, 2.24) is 4.57 Å². The van der Waals surface area contributed by atoms with E-state index in [1.54, 1.807) is 18.2 Å². The summed E-state index contributed by atoms with van der Waals surface area (Å²) in [5, 5.41) is 13.1. The van der Waals surface area contributed by atoms with Crippen LogP contribution in [0.15, 0.2) is 60.3 Å². The molecule has 0 fully saturated rings. The maximum Gasteiger partial charge on any atom is 0.266 e. The van der Waals surface area contributed by atoms with Gasteiger partial charge in [0.15, 0.2) is 0 Å². The molecule has 0 radical (unpaired) electrons. The van der Waals surface area contributed by atoms with Crippen LogP contribution in [0.1, 0.15) is 11.1 Å². The molecule has 3 aromatic rings. The molecular weight excluding hydrogens is 322 g/mol. The number of benzene rings is 2. The summed E-state index contributed by atoms with van der Waals surface area (Å²) in [6.07, 6.45) is 8.89. The second kappa shape index (κ2) is 7.42. The van der Waals surface area contributed by atoms with Gasteiger partial charge < -0.3 is 9.88 Å².